The highest BCUT2D eigenvalue weighted by atomic mass is 32.1. The number of carbonyl (C=O) groups is 1. The zero-order chi connectivity index (χ0) is 15.6. The van der Waals surface area contributed by atoms with E-state index in [1.54, 1.807) is 12.0 Å². The quantitative estimate of drug-likeness (QED) is 0.922. The van der Waals surface area contributed by atoms with Gasteiger partial charge in [0.2, 0.25) is 0 Å². The SMILES string of the molecule is CCN(C(=O)c1sc2ccc(C)cc2c1N)C(C)COC. The normalized spacial score (nSPS) is 12.6. The fourth-order valence-corrected chi connectivity index (χ4v) is 3.57. The molecule has 2 N–H and O–H groups in total. The van der Waals surface area contributed by atoms with Gasteiger partial charge in [0.1, 0.15) is 4.88 Å². The second-order valence-electron chi connectivity index (χ2n) is 5.24. The van der Waals surface area contributed by atoms with E-state index in [-0.39, 0.29) is 11.9 Å². The monoisotopic (exact) mass is 306 g/mol. The Balaban J connectivity index is 2.40. The van der Waals surface area contributed by atoms with Crippen LogP contribution >= 0.6 is 11.3 Å². The molecule has 2 rings (SSSR count). The van der Waals surface area contributed by atoms with E-state index in [2.05, 4.69) is 0 Å². The first-order valence-electron chi connectivity index (χ1n) is 7.08. The lowest BCUT2D eigenvalue weighted by Gasteiger charge is -2.27. The molecule has 21 heavy (non-hydrogen) atoms. The fraction of sp³-hybridized carbons (Fsp3) is 0.438. The zero-order valence-electron chi connectivity index (χ0n) is 13.0. The number of hydrogen-bond donors (Lipinski definition) is 1. The Morgan fingerprint density at radius 3 is 2.81 bits per heavy atom. The van der Waals surface area contributed by atoms with Crippen molar-refractivity contribution in [1.82, 2.24) is 4.90 Å². The molecule has 0 aliphatic carbocycles. The van der Waals surface area contributed by atoms with Crippen LogP contribution in [0.25, 0.3) is 10.1 Å². The number of carbonyl (C=O) groups excluding carboxylic acids is 1. The summed E-state index contributed by atoms with van der Waals surface area (Å²) in [5.74, 6) is -0.0154. The molecule has 0 aliphatic heterocycles. The van der Waals surface area contributed by atoms with E-state index in [0.29, 0.717) is 23.7 Å². The minimum absolute atomic E-state index is 0.0154. The number of nitrogen functional groups attached to an aromatic ring is 1. The van der Waals surface area contributed by atoms with Gasteiger partial charge in [0, 0.05) is 23.7 Å². The maximum absolute atomic E-state index is 12.8. The third kappa shape index (κ3) is 3.04. The lowest BCUT2D eigenvalue weighted by atomic mass is 10.1. The number of fused-ring (bicyclic) bond motifs is 1. The molecular weight excluding hydrogens is 284 g/mol. The number of nitrogens with two attached hydrogens (primary N) is 1. The third-order valence-electron chi connectivity index (χ3n) is 3.62. The molecule has 1 unspecified atom stereocenters. The summed E-state index contributed by atoms with van der Waals surface area (Å²) in [5.41, 5.74) is 7.94. The summed E-state index contributed by atoms with van der Waals surface area (Å²) in [7, 11) is 1.64. The van der Waals surface area contributed by atoms with Gasteiger partial charge in [0.15, 0.2) is 0 Å². The molecule has 0 saturated carbocycles. The van der Waals surface area contributed by atoms with Gasteiger partial charge in [-0.2, -0.15) is 0 Å². The summed E-state index contributed by atoms with van der Waals surface area (Å²) in [6.07, 6.45) is 0. The second kappa shape index (κ2) is 6.45. The Morgan fingerprint density at radius 1 is 1.48 bits per heavy atom. The molecule has 0 fully saturated rings. The van der Waals surface area contributed by atoms with Crippen molar-refractivity contribution in [2.75, 3.05) is 26.0 Å². The molecule has 1 aromatic carbocycles. The molecule has 0 bridgehead atoms. The molecule has 2 aromatic rings. The van der Waals surface area contributed by atoms with Crippen LogP contribution < -0.4 is 5.73 Å². The van der Waals surface area contributed by atoms with Crippen LogP contribution in [0.4, 0.5) is 5.69 Å². The van der Waals surface area contributed by atoms with E-state index in [1.165, 1.54) is 11.3 Å². The molecule has 0 radical (unpaired) electrons. The minimum Gasteiger partial charge on any atom is -0.397 e. The summed E-state index contributed by atoms with van der Waals surface area (Å²) in [5, 5.41) is 0.971. The van der Waals surface area contributed by atoms with E-state index in [1.807, 2.05) is 39.0 Å². The van der Waals surface area contributed by atoms with Gasteiger partial charge in [-0.3, -0.25) is 4.79 Å². The average molecular weight is 306 g/mol. The van der Waals surface area contributed by atoms with Gasteiger partial charge in [-0.25, -0.2) is 0 Å². The lowest BCUT2D eigenvalue weighted by molar-refractivity contribution is 0.0585. The number of anilines is 1. The molecule has 1 aromatic heterocycles. The number of aryl methyl sites for hydroxylation is 1. The van der Waals surface area contributed by atoms with Gasteiger partial charge in [0.05, 0.1) is 18.3 Å². The predicted octanol–water partition coefficient (Wildman–Crippen LogP) is 3.29. The fourth-order valence-electron chi connectivity index (χ4n) is 2.51. The first-order valence-corrected chi connectivity index (χ1v) is 7.89. The minimum atomic E-state index is -0.0154. The summed E-state index contributed by atoms with van der Waals surface area (Å²) in [6, 6.07) is 6.13. The van der Waals surface area contributed by atoms with Crippen LogP contribution in [0.2, 0.25) is 0 Å². The van der Waals surface area contributed by atoms with Crippen LogP contribution in [0.5, 0.6) is 0 Å². The Morgan fingerprint density at radius 2 is 2.19 bits per heavy atom. The average Bonchev–Trinajstić information content (AvgIpc) is 2.77. The summed E-state index contributed by atoms with van der Waals surface area (Å²) in [4.78, 5) is 15.2. The molecule has 1 heterocycles. The topological polar surface area (TPSA) is 55.6 Å². The van der Waals surface area contributed by atoms with Crippen molar-refractivity contribution < 1.29 is 9.53 Å². The molecule has 0 spiro atoms. The van der Waals surface area contributed by atoms with Crippen molar-refractivity contribution in [1.29, 1.82) is 0 Å². The van der Waals surface area contributed by atoms with Gasteiger partial charge < -0.3 is 15.4 Å². The molecule has 0 saturated heterocycles. The first kappa shape index (κ1) is 15.8. The van der Waals surface area contributed by atoms with Crippen molar-refractivity contribution in [3.05, 3.63) is 28.6 Å². The Hall–Kier alpha value is -1.59. The maximum Gasteiger partial charge on any atom is 0.266 e. The van der Waals surface area contributed by atoms with Crippen LogP contribution in [0.3, 0.4) is 0 Å². The molecular formula is C16H22N2O2S. The van der Waals surface area contributed by atoms with Gasteiger partial charge in [-0.1, -0.05) is 11.6 Å². The molecule has 114 valence electrons. The van der Waals surface area contributed by atoms with Crippen LogP contribution in [0.15, 0.2) is 18.2 Å². The predicted molar refractivity (Wildman–Crippen MR) is 89.0 cm³/mol. The number of rotatable bonds is 5. The first-order chi connectivity index (χ1) is 9.99. The molecule has 5 heteroatoms. The molecule has 4 nitrogen and oxygen atoms in total. The molecule has 1 atom stereocenters. The van der Waals surface area contributed by atoms with Gasteiger partial charge >= 0.3 is 0 Å². The molecule has 0 aliphatic rings. The third-order valence-corrected chi connectivity index (χ3v) is 4.79. The van der Waals surface area contributed by atoms with Crippen LogP contribution in [-0.2, 0) is 4.74 Å². The van der Waals surface area contributed by atoms with E-state index < -0.39 is 0 Å². The standard InChI is InChI=1S/C16H22N2O2S/c1-5-18(11(3)9-20-4)16(19)15-14(17)12-8-10(2)6-7-13(12)21-15/h6-8,11H,5,9,17H2,1-4H3. The Labute approximate surface area is 129 Å². The smallest absolute Gasteiger partial charge is 0.266 e. The van der Waals surface area contributed by atoms with Crippen molar-refractivity contribution >= 4 is 33.0 Å². The van der Waals surface area contributed by atoms with Crippen LogP contribution in [-0.4, -0.2) is 37.1 Å². The number of thiophene rings is 1. The van der Waals surface area contributed by atoms with Gasteiger partial charge in [-0.05, 0) is 32.9 Å². The van der Waals surface area contributed by atoms with Crippen molar-refractivity contribution in [3.8, 4) is 0 Å². The largest absolute Gasteiger partial charge is 0.397 e. The number of amides is 1. The van der Waals surface area contributed by atoms with E-state index in [9.17, 15) is 4.79 Å². The second-order valence-corrected chi connectivity index (χ2v) is 6.29. The van der Waals surface area contributed by atoms with Crippen LogP contribution in [0, 0.1) is 6.92 Å². The van der Waals surface area contributed by atoms with E-state index >= 15 is 0 Å². The van der Waals surface area contributed by atoms with Gasteiger partial charge in [-0.15, -0.1) is 11.3 Å². The van der Waals surface area contributed by atoms with E-state index in [0.717, 1.165) is 15.6 Å². The van der Waals surface area contributed by atoms with Crippen molar-refractivity contribution in [2.45, 2.75) is 26.8 Å². The number of ether oxygens (including phenoxy) is 1. The van der Waals surface area contributed by atoms with Crippen LogP contribution in [0.1, 0.15) is 29.1 Å². The lowest BCUT2D eigenvalue weighted by Crippen LogP contribution is -2.40. The molecule has 1 amide bonds. The number of hydrogen-bond acceptors (Lipinski definition) is 4. The number of benzene rings is 1. The highest BCUT2D eigenvalue weighted by molar-refractivity contribution is 7.21. The number of nitrogens with zero attached hydrogens (tertiary/aromatic N) is 1. The summed E-state index contributed by atoms with van der Waals surface area (Å²) < 4.78 is 6.21. The highest BCUT2D eigenvalue weighted by Gasteiger charge is 2.24. The van der Waals surface area contributed by atoms with E-state index in [4.69, 9.17) is 10.5 Å². The highest BCUT2D eigenvalue weighted by Crippen LogP contribution is 2.35. The number of methoxy groups -OCH3 is 1. The Kier molecular flexibility index (Phi) is 4.85. The summed E-state index contributed by atoms with van der Waals surface area (Å²) >= 11 is 1.46. The Bertz CT molecular complexity index is 651. The van der Waals surface area contributed by atoms with Crippen molar-refractivity contribution in [2.24, 2.45) is 0 Å². The number of likely N-dealkylation sites (N-methyl/N-ethyl adjacent to an activating group) is 1. The maximum atomic E-state index is 12.8. The van der Waals surface area contributed by atoms with Crippen molar-refractivity contribution in [3.63, 3.8) is 0 Å². The van der Waals surface area contributed by atoms with Gasteiger partial charge in [0.25, 0.3) is 5.91 Å². The zero-order valence-corrected chi connectivity index (χ0v) is 13.8. The summed E-state index contributed by atoms with van der Waals surface area (Å²) in [6.45, 7) is 7.13.